The highest BCUT2D eigenvalue weighted by molar-refractivity contribution is 6.17. The molecule has 6 heteroatoms. The largest absolute Gasteiger partial charge is 0.282 e. The molecule has 269 valence electrons. The number of aliphatic imine (C=N–C) groups is 2. The molecule has 0 aliphatic carbocycles. The summed E-state index contributed by atoms with van der Waals surface area (Å²) in [4.78, 5) is 44.0. The van der Waals surface area contributed by atoms with E-state index in [1.54, 1.807) is 0 Å². The zero-order valence-electron chi connectivity index (χ0n) is 30.5. The summed E-state index contributed by atoms with van der Waals surface area (Å²) in [6.07, 6.45) is 0. The number of amides is 2. The summed E-state index contributed by atoms with van der Waals surface area (Å²) in [5, 5.41) is 0. The lowest BCUT2D eigenvalue weighted by Gasteiger charge is -2.30. The minimum atomic E-state index is -0.428. The van der Waals surface area contributed by atoms with E-state index in [1.807, 2.05) is 161 Å². The van der Waals surface area contributed by atoms with Crippen LogP contribution < -0.4 is 0 Å². The Bertz CT molecular complexity index is 2350. The highest BCUT2D eigenvalue weighted by atomic mass is 16.2. The third-order valence-electron chi connectivity index (χ3n) is 10.5. The number of benzene rings is 7. The smallest absolute Gasteiger partial charge is 0.260 e. The molecule has 4 atom stereocenters. The first kappa shape index (κ1) is 34.6. The Morgan fingerprint density at radius 1 is 0.375 bits per heavy atom. The standard InChI is InChI=1S/C50H37N4O2/c55-49(39-28-15-5-16-29-39)53-45(37-24-11-3-12-25-37)43(35-20-7-1-8-21-35)51-47(53)41-32-19-33-42(34-41)48-52-44(36-22-9-2-10-23-36)46(38-26-13-4-14-27-38)54(48)50(56)40-30-17-6-18-31-40/h1-33,43-46H. The van der Waals surface area contributed by atoms with Crippen molar-refractivity contribution in [2.75, 3.05) is 0 Å². The summed E-state index contributed by atoms with van der Waals surface area (Å²) in [6, 6.07) is 66.9. The molecule has 6 nitrogen and oxygen atoms in total. The van der Waals surface area contributed by atoms with Crippen molar-refractivity contribution < 1.29 is 9.59 Å². The van der Waals surface area contributed by atoms with Gasteiger partial charge in [0.25, 0.3) is 11.8 Å². The molecule has 0 spiro atoms. The maximum Gasteiger partial charge on any atom is 0.260 e. The van der Waals surface area contributed by atoms with Crippen molar-refractivity contribution in [2.24, 2.45) is 9.98 Å². The van der Waals surface area contributed by atoms with E-state index >= 15 is 0 Å². The molecule has 4 unspecified atom stereocenters. The fourth-order valence-corrected chi connectivity index (χ4v) is 7.87. The third kappa shape index (κ3) is 6.52. The van der Waals surface area contributed by atoms with Gasteiger partial charge in [-0.05, 0) is 46.5 Å². The Morgan fingerprint density at radius 2 is 0.679 bits per heavy atom. The van der Waals surface area contributed by atoms with Crippen LogP contribution in [0.4, 0.5) is 0 Å². The fourth-order valence-electron chi connectivity index (χ4n) is 7.87. The van der Waals surface area contributed by atoms with Crippen molar-refractivity contribution in [3.8, 4) is 0 Å². The topological polar surface area (TPSA) is 65.3 Å². The van der Waals surface area contributed by atoms with Crippen molar-refractivity contribution >= 4 is 23.5 Å². The van der Waals surface area contributed by atoms with Crippen LogP contribution in [0.5, 0.6) is 0 Å². The molecule has 2 heterocycles. The van der Waals surface area contributed by atoms with E-state index < -0.39 is 12.1 Å². The quantitative estimate of drug-likeness (QED) is 0.157. The lowest BCUT2D eigenvalue weighted by molar-refractivity contribution is 0.0797. The zero-order chi connectivity index (χ0) is 37.8. The molecular formula is C50H37N4O2. The highest BCUT2D eigenvalue weighted by Gasteiger charge is 2.45. The van der Waals surface area contributed by atoms with Gasteiger partial charge in [0, 0.05) is 28.3 Å². The van der Waals surface area contributed by atoms with Gasteiger partial charge >= 0.3 is 0 Å². The first-order valence-electron chi connectivity index (χ1n) is 18.8. The lowest BCUT2D eigenvalue weighted by atomic mass is 9.93. The van der Waals surface area contributed by atoms with Crippen LogP contribution in [-0.2, 0) is 0 Å². The van der Waals surface area contributed by atoms with Crippen LogP contribution in [-0.4, -0.2) is 33.3 Å². The summed E-state index contributed by atoms with van der Waals surface area (Å²) in [7, 11) is 0. The molecule has 0 saturated heterocycles. The number of hydrogen-bond acceptors (Lipinski definition) is 4. The summed E-state index contributed by atoms with van der Waals surface area (Å²) in [5.41, 5.74) is 6.29. The number of carbonyl (C=O) groups is 2. The predicted octanol–water partition coefficient (Wildman–Crippen LogP) is 10.3. The Morgan fingerprint density at radius 3 is 1.02 bits per heavy atom. The van der Waals surface area contributed by atoms with Crippen molar-refractivity contribution in [2.45, 2.75) is 24.2 Å². The molecule has 2 aliphatic rings. The normalized spacial score (nSPS) is 19.0. The second kappa shape index (κ2) is 15.3. The van der Waals surface area contributed by atoms with Crippen molar-refractivity contribution in [3.05, 3.63) is 251 Å². The average Bonchev–Trinajstić information content (AvgIpc) is 3.89. The van der Waals surface area contributed by atoms with E-state index in [2.05, 4.69) is 54.6 Å². The monoisotopic (exact) mass is 725 g/mol. The lowest BCUT2D eigenvalue weighted by Crippen LogP contribution is -2.39. The van der Waals surface area contributed by atoms with Crippen LogP contribution in [0.2, 0.25) is 0 Å². The number of hydrogen-bond donors (Lipinski definition) is 0. The van der Waals surface area contributed by atoms with E-state index in [0.717, 1.165) is 22.3 Å². The summed E-state index contributed by atoms with van der Waals surface area (Å²) < 4.78 is 0. The van der Waals surface area contributed by atoms with Crippen LogP contribution in [0.25, 0.3) is 0 Å². The van der Waals surface area contributed by atoms with Crippen LogP contribution in [0.1, 0.15) is 78.3 Å². The summed E-state index contributed by atoms with van der Waals surface area (Å²) >= 11 is 0. The third-order valence-corrected chi connectivity index (χ3v) is 10.5. The van der Waals surface area contributed by atoms with Crippen LogP contribution >= 0.6 is 0 Å². The van der Waals surface area contributed by atoms with E-state index in [9.17, 15) is 9.59 Å². The molecule has 7 aromatic rings. The first-order chi connectivity index (χ1) is 27.7. The molecule has 0 fully saturated rings. The molecule has 2 aliphatic heterocycles. The SMILES string of the molecule is O=C(c1ccccc1)N1C(c2[c]c(C3=NC(c4ccccc4)C(c4ccccc4)N3C(=O)c3ccccc3)ccc2)=NC(c2ccccc2)C1c1ccccc1. The maximum atomic E-state index is 14.8. The van der Waals surface area contributed by atoms with E-state index in [4.69, 9.17) is 9.98 Å². The number of carbonyl (C=O) groups excluding carboxylic acids is 2. The van der Waals surface area contributed by atoms with Crippen molar-refractivity contribution in [1.29, 1.82) is 0 Å². The van der Waals surface area contributed by atoms with Gasteiger partial charge in [0.1, 0.15) is 23.8 Å². The molecule has 56 heavy (non-hydrogen) atoms. The van der Waals surface area contributed by atoms with E-state index in [1.165, 1.54) is 0 Å². The Balaban J connectivity index is 1.22. The van der Waals surface area contributed by atoms with E-state index in [0.29, 0.717) is 33.9 Å². The van der Waals surface area contributed by atoms with Gasteiger partial charge in [-0.1, -0.05) is 176 Å². The fraction of sp³-hybridized carbons (Fsp3) is 0.0800. The molecule has 9 rings (SSSR count). The minimum Gasteiger partial charge on any atom is -0.282 e. The van der Waals surface area contributed by atoms with Gasteiger partial charge in [-0.15, -0.1) is 0 Å². The average molecular weight is 726 g/mol. The summed E-state index contributed by atoms with van der Waals surface area (Å²) in [6.45, 7) is 0. The number of rotatable bonds is 8. The first-order valence-corrected chi connectivity index (χ1v) is 18.8. The molecule has 0 N–H and O–H groups in total. The van der Waals surface area contributed by atoms with E-state index in [-0.39, 0.29) is 23.9 Å². The molecule has 0 saturated carbocycles. The Labute approximate surface area is 326 Å². The highest BCUT2D eigenvalue weighted by Crippen LogP contribution is 2.46. The molecular weight excluding hydrogens is 689 g/mol. The molecule has 0 aromatic heterocycles. The second-order valence-corrected chi connectivity index (χ2v) is 13.9. The zero-order valence-corrected chi connectivity index (χ0v) is 30.5. The number of nitrogens with zero attached hydrogens (tertiary/aromatic N) is 4. The van der Waals surface area contributed by atoms with Gasteiger partial charge in [0.15, 0.2) is 0 Å². The van der Waals surface area contributed by atoms with Crippen molar-refractivity contribution in [1.82, 2.24) is 9.80 Å². The second-order valence-electron chi connectivity index (χ2n) is 13.9. The van der Waals surface area contributed by atoms with Crippen LogP contribution in [0, 0.1) is 6.07 Å². The molecule has 2 amide bonds. The predicted molar refractivity (Wildman–Crippen MR) is 220 cm³/mol. The molecule has 7 aromatic carbocycles. The molecule has 0 bridgehead atoms. The maximum absolute atomic E-state index is 14.8. The van der Waals surface area contributed by atoms with Gasteiger partial charge in [-0.2, -0.15) is 0 Å². The van der Waals surface area contributed by atoms with Gasteiger partial charge in [0.05, 0.1) is 12.1 Å². The minimum absolute atomic E-state index is 0.164. The summed E-state index contributed by atoms with van der Waals surface area (Å²) in [5.74, 6) is 0.676. The van der Waals surface area contributed by atoms with Crippen molar-refractivity contribution in [3.63, 3.8) is 0 Å². The Kier molecular flexibility index (Phi) is 9.44. The Hall–Kier alpha value is -7.18. The van der Waals surface area contributed by atoms with Crippen LogP contribution in [0.15, 0.2) is 210 Å². The molecule has 1 radical (unpaired) electrons. The van der Waals surface area contributed by atoms with Gasteiger partial charge in [-0.3, -0.25) is 29.4 Å². The van der Waals surface area contributed by atoms with Crippen LogP contribution in [0.3, 0.4) is 0 Å². The van der Waals surface area contributed by atoms with Gasteiger partial charge in [0.2, 0.25) is 0 Å². The van der Waals surface area contributed by atoms with Gasteiger partial charge in [-0.25, -0.2) is 0 Å². The number of amidine groups is 2. The van der Waals surface area contributed by atoms with Gasteiger partial charge < -0.3 is 0 Å².